The summed E-state index contributed by atoms with van der Waals surface area (Å²) in [6, 6.07) is 8.38. The zero-order valence-corrected chi connectivity index (χ0v) is 16.4. The van der Waals surface area contributed by atoms with Gasteiger partial charge in [0.15, 0.2) is 0 Å². The van der Waals surface area contributed by atoms with Gasteiger partial charge in [0.1, 0.15) is 0 Å². The number of benzene rings is 1. The Bertz CT molecular complexity index is 778. The third-order valence-corrected chi connectivity index (χ3v) is 5.82. The van der Waals surface area contributed by atoms with Crippen molar-refractivity contribution in [1.29, 1.82) is 0 Å². The summed E-state index contributed by atoms with van der Waals surface area (Å²) >= 11 is 0. The summed E-state index contributed by atoms with van der Waals surface area (Å²) in [6.45, 7) is 6.37. The highest BCUT2D eigenvalue weighted by Crippen LogP contribution is 2.20. The second-order valence-electron chi connectivity index (χ2n) is 7.76. The zero-order valence-electron chi connectivity index (χ0n) is 16.4. The maximum absolute atomic E-state index is 12.5. The van der Waals surface area contributed by atoms with Gasteiger partial charge in [-0.3, -0.25) is 14.7 Å². The van der Waals surface area contributed by atoms with Crippen molar-refractivity contribution < 1.29 is 9.53 Å². The first-order valence-corrected chi connectivity index (χ1v) is 10.4. The van der Waals surface area contributed by atoms with Crippen molar-refractivity contribution in [1.82, 2.24) is 9.80 Å². The highest BCUT2D eigenvalue weighted by atomic mass is 16.5. The molecule has 1 fully saturated rings. The molecule has 0 bridgehead atoms. The Morgan fingerprint density at radius 3 is 2.79 bits per heavy atom. The first-order chi connectivity index (χ1) is 13.8. The Balaban J connectivity index is 1.23. The van der Waals surface area contributed by atoms with Crippen LogP contribution in [-0.2, 0) is 22.5 Å². The molecule has 0 radical (unpaired) electrons. The summed E-state index contributed by atoms with van der Waals surface area (Å²) in [6.07, 6.45) is 10.8. The molecule has 0 aliphatic carbocycles. The van der Waals surface area contributed by atoms with Crippen LogP contribution in [-0.4, -0.2) is 61.3 Å². The summed E-state index contributed by atoms with van der Waals surface area (Å²) in [7, 11) is 0. The molecule has 148 valence electrons. The second kappa shape index (κ2) is 9.30. The molecule has 4 rings (SSSR count). The number of nitrogens with zero attached hydrogens (tertiary/aromatic N) is 3. The number of morpholine rings is 1. The lowest BCUT2D eigenvalue weighted by atomic mass is 9.99. The van der Waals surface area contributed by atoms with Crippen molar-refractivity contribution in [2.45, 2.75) is 25.8 Å². The van der Waals surface area contributed by atoms with Gasteiger partial charge in [-0.25, -0.2) is 0 Å². The van der Waals surface area contributed by atoms with Crippen LogP contribution in [0.5, 0.6) is 0 Å². The lowest BCUT2D eigenvalue weighted by Crippen LogP contribution is -2.37. The van der Waals surface area contributed by atoms with Gasteiger partial charge in [0.2, 0.25) is 5.91 Å². The number of carbonyl (C=O) groups is 1. The molecule has 0 spiro atoms. The van der Waals surface area contributed by atoms with Gasteiger partial charge < -0.3 is 9.64 Å². The lowest BCUT2D eigenvalue weighted by Gasteiger charge is -2.28. The van der Waals surface area contributed by atoms with E-state index in [0.717, 1.165) is 64.4 Å². The Kier molecular flexibility index (Phi) is 6.34. The van der Waals surface area contributed by atoms with Crippen LogP contribution in [0.3, 0.4) is 0 Å². The molecule has 5 nitrogen and oxygen atoms in total. The largest absolute Gasteiger partial charge is 0.379 e. The van der Waals surface area contributed by atoms with Crippen molar-refractivity contribution in [2.24, 2.45) is 10.9 Å². The molecule has 1 saturated heterocycles. The summed E-state index contributed by atoms with van der Waals surface area (Å²) < 4.78 is 5.40. The van der Waals surface area contributed by atoms with E-state index in [1.807, 2.05) is 17.0 Å². The molecular formula is C23H29N3O2. The minimum Gasteiger partial charge on any atom is -0.379 e. The number of ether oxygens (including phenoxy) is 1. The number of aliphatic imine (C=N–C) groups is 1. The van der Waals surface area contributed by atoms with Crippen LogP contribution in [0.25, 0.3) is 0 Å². The normalized spacial score (nSPS) is 22.9. The summed E-state index contributed by atoms with van der Waals surface area (Å²) in [5.74, 6) is 0.564. The summed E-state index contributed by atoms with van der Waals surface area (Å²) in [5.41, 5.74) is 3.51. The van der Waals surface area contributed by atoms with Crippen molar-refractivity contribution in [3.63, 3.8) is 0 Å². The summed E-state index contributed by atoms with van der Waals surface area (Å²) in [5, 5.41) is 0. The standard InChI is InChI=1S/C23H29N3O2/c27-23(26-12-10-20-3-1-2-4-21(20)18-26)8-7-22-6-5-19(17-24-22)9-11-25-13-15-28-16-14-25/h1-4,6-8,17,19H,5,9-16,18H2/b8-7+. The van der Waals surface area contributed by atoms with Crippen LogP contribution in [0.4, 0.5) is 0 Å². The van der Waals surface area contributed by atoms with Crippen LogP contribution in [0.2, 0.25) is 0 Å². The number of amides is 1. The molecule has 1 amide bonds. The van der Waals surface area contributed by atoms with Gasteiger partial charge in [0.05, 0.1) is 18.9 Å². The molecule has 1 atom stereocenters. The third-order valence-electron chi connectivity index (χ3n) is 5.82. The molecular weight excluding hydrogens is 350 g/mol. The average molecular weight is 380 g/mol. The SMILES string of the molecule is O=C(/C=C/C1=CCC(CCN2CCOCC2)C=N1)N1CCc2ccccc2C1. The summed E-state index contributed by atoms with van der Waals surface area (Å²) in [4.78, 5) is 21.5. The quantitative estimate of drug-likeness (QED) is 0.739. The fraction of sp³-hybridized carbons (Fsp3) is 0.478. The number of hydrogen-bond acceptors (Lipinski definition) is 4. The number of allylic oxidation sites excluding steroid dienone is 2. The number of carbonyl (C=O) groups excluding carboxylic acids is 1. The van der Waals surface area contributed by atoms with Crippen molar-refractivity contribution >= 4 is 12.1 Å². The van der Waals surface area contributed by atoms with Crippen LogP contribution >= 0.6 is 0 Å². The highest BCUT2D eigenvalue weighted by molar-refractivity contribution is 5.88. The third kappa shape index (κ3) is 4.97. The molecule has 1 unspecified atom stereocenters. The average Bonchev–Trinajstić information content (AvgIpc) is 2.77. The maximum atomic E-state index is 12.5. The van der Waals surface area contributed by atoms with Gasteiger partial charge in [-0.15, -0.1) is 0 Å². The van der Waals surface area contributed by atoms with Gasteiger partial charge in [-0.2, -0.15) is 0 Å². The topological polar surface area (TPSA) is 45.1 Å². The second-order valence-corrected chi connectivity index (χ2v) is 7.76. The van der Waals surface area contributed by atoms with Crippen LogP contribution in [0, 0.1) is 5.92 Å². The molecule has 3 heterocycles. The fourth-order valence-corrected chi connectivity index (χ4v) is 4.00. The highest BCUT2D eigenvalue weighted by Gasteiger charge is 2.19. The zero-order chi connectivity index (χ0) is 19.2. The number of hydrogen-bond donors (Lipinski definition) is 0. The van der Waals surface area contributed by atoms with E-state index in [0.29, 0.717) is 12.5 Å². The van der Waals surface area contributed by atoms with Crippen LogP contribution < -0.4 is 0 Å². The van der Waals surface area contributed by atoms with Crippen molar-refractivity contribution in [2.75, 3.05) is 39.4 Å². The minimum atomic E-state index is 0.0695. The Hall–Kier alpha value is -2.24. The molecule has 1 aromatic rings. The predicted molar refractivity (Wildman–Crippen MR) is 111 cm³/mol. The van der Waals surface area contributed by atoms with Gasteiger partial charge in [0, 0.05) is 38.5 Å². The van der Waals surface area contributed by atoms with Crippen molar-refractivity contribution in [3.05, 3.63) is 59.3 Å². The van der Waals surface area contributed by atoms with E-state index in [1.165, 1.54) is 11.1 Å². The van der Waals surface area contributed by atoms with E-state index in [-0.39, 0.29) is 5.91 Å². The van der Waals surface area contributed by atoms with Gasteiger partial charge in [-0.1, -0.05) is 30.3 Å². The van der Waals surface area contributed by atoms with E-state index in [1.54, 1.807) is 6.08 Å². The molecule has 0 N–H and O–H groups in total. The molecule has 28 heavy (non-hydrogen) atoms. The molecule has 3 aliphatic heterocycles. The van der Waals surface area contributed by atoms with E-state index in [9.17, 15) is 4.79 Å². The van der Waals surface area contributed by atoms with Crippen molar-refractivity contribution in [3.8, 4) is 0 Å². The first kappa shape index (κ1) is 19.1. The number of rotatable bonds is 5. The number of fused-ring (bicyclic) bond motifs is 1. The smallest absolute Gasteiger partial charge is 0.246 e. The van der Waals surface area contributed by atoms with E-state index < -0.39 is 0 Å². The monoisotopic (exact) mass is 379 g/mol. The maximum Gasteiger partial charge on any atom is 0.246 e. The molecule has 0 saturated carbocycles. The predicted octanol–water partition coefficient (Wildman–Crippen LogP) is 2.82. The Labute approximate surface area is 167 Å². The fourth-order valence-electron chi connectivity index (χ4n) is 4.00. The molecule has 0 aromatic heterocycles. The Morgan fingerprint density at radius 1 is 1.18 bits per heavy atom. The van der Waals surface area contributed by atoms with E-state index in [4.69, 9.17) is 4.74 Å². The lowest BCUT2D eigenvalue weighted by molar-refractivity contribution is -0.126. The Morgan fingerprint density at radius 2 is 2.00 bits per heavy atom. The van der Waals surface area contributed by atoms with Gasteiger partial charge in [0.25, 0.3) is 0 Å². The van der Waals surface area contributed by atoms with Gasteiger partial charge >= 0.3 is 0 Å². The first-order valence-electron chi connectivity index (χ1n) is 10.4. The molecule has 3 aliphatic rings. The van der Waals surface area contributed by atoms with E-state index >= 15 is 0 Å². The van der Waals surface area contributed by atoms with Crippen LogP contribution in [0.1, 0.15) is 24.0 Å². The van der Waals surface area contributed by atoms with Gasteiger partial charge in [-0.05, 0) is 48.9 Å². The molecule has 1 aromatic carbocycles. The van der Waals surface area contributed by atoms with Crippen LogP contribution in [0.15, 0.2) is 53.2 Å². The molecule has 5 heteroatoms. The van der Waals surface area contributed by atoms with E-state index in [2.05, 4.69) is 40.4 Å². The minimum absolute atomic E-state index is 0.0695.